The topological polar surface area (TPSA) is 94.0 Å². The van der Waals surface area contributed by atoms with Gasteiger partial charge in [-0.3, -0.25) is 0 Å². The molecule has 0 bridgehead atoms. The zero-order chi connectivity index (χ0) is 31.7. The van der Waals surface area contributed by atoms with Crippen LogP contribution in [0.5, 0.6) is 5.75 Å². The second kappa shape index (κ2) is 13.7. The molecule has 7 rings (SSSR count). The van der Waals surface area contributed by atoms with Gasteiger partial charge in [0, 0.05) is 54.7 Å². The molecule has 2 aliphatic heterocycles. The Hall–Kier alpha value is -2.85. The van der Waals surface area contributed by atoms with Crippen molar-refractivity contribution < 1.29 is 24.1 Å². The number of carboxylic acid groups (broad SMARTS) is 1. The van der Waals surface area contributed by atoms with Gasteiger partial charge < -0.3 is 24.2 Å². The van der Waals surface area contributed by atoms with Crippen molar-refractivity contribution in [2.45, 2.75) is 80.8 Å². The molecule has 1 unspecified atom stereocenters. The van der Waals surface area contributed by atoms with Crippen molar-refractivity contribution in [1.82, 2.24) is 9.97 Å². The highest BCUT2D eigenvalue weighted by Gasteiger charge is 2.45. The minimum absolute atomic E-state index is 0.0937. The Balaban J connectivity index is 1.07. The predicted molar refractivity (Wildman–Crippen MR) is 179 cm³/mol. The first-order chi connectivity index (χ1) is 22.4. The van der Waals surface area contributed by atoms with Gasteiger partial charge in [-0.25, -0.2) is 14.8 Å². The summed E-state index contributed by atoms with van der Waals surface area (Å²) in [5.41, 5.74) is 3.57. The molecule has 0 amide bonds. The van der Waals surface area contributed by atoms with Crippen LogP contribution in [0.2, 0.25) is 5.02 Å². The lowest BCUT2D eigenvalue weighted by atomic mass is 9.67. The van der Waals surface area contributed by atoms with E-state index in [4.69, 9.17) is 25.8 Å². The van der Waals surface area contributed by atoms with Gasteiger partial charge >= 0.3 is 5.97 Å². The molecule has 2 fully saturated rings. The zero-order valence-electron chi connectivity index (χ0n) is 26.3. The maximum atomic E-state index is 12.0. The number of aryl methyl sites for hydroxylation is 1. The van der Waals surface area contributed by atoms with Gasteiger partial charge in [0.25, 0.3) is 0 Å². The molecule has 1 N–H and O–H groups in total. The summed E-state index contributed by atoms with van der Waals surface area (Å²) < 4.78 is 19.5. The van der Waals surface area contributed by atoms with Crippen LogP contribution >= 0.6 is 23.4 Å². The molecule has 1 saturated carbocycles. The first kappa shape index (κ1) is 31.7. The third-order valence-corrected chi connectivity index (χ3v) is 11.7. The smallest absolute Gasteiger partial charge is 0.335 e. The van der Waals surface area contributed by atoms with Crippen molar-refractivity contribution in [3.63, 3.8) is 0 Å². The first-order valence-electron chi connectivity index (χ1n) is 16.6. The van der Waals surface area contributed by atoms with E-state index in [1.807, 2.05) is 18.2 Å². The van der Waals surface area contributed by atoms with E-state index in [2.05, 4.69) is 33.9 Å². The summed E-state index contributed by atoms with van der Waals surface area (Å²) in [4.78, 5) is 23.1. The van der Waals surface area contributed by atoms with E-state index in [0.717, 1.165) is 85.4 Å². The molecule has 4 aliphatic rings. The van der Waals surface area contributed by atoms with Gasteiger partial charge in [-0.15, -0.1) is 0 Å². The number of rotatable bonds is 9. The van der Waals surface area contributed by atoms with Gasteiger partial charge in [-0.2, -0.15) is 0 Å². The largest absolute Gasteiger partial charge is 0.490 e. The Morgan fingerprint density at radius 1 is 1.20 bits per heavy atom. The molecule has 0 radical (unpaired) electrons. The van der Waals surface area contributed by atoms with Crippen molar-refractivity contribution in [2.24, 2.45) is 11.8 Å². The molecule has 2 aliphatic carbocycles. The quantitative estimate of drug-likeness (QED) is 0.191. The Morgan fingerprint density at radius 2 is 2.07 bits per heavy atom. The van der Waals surface area contributed by atoms with Gasteiger partial charge in [0.05, 0.1) is 36.2 Å². The van der Waals surface area contributed by atoms with Crippen molar-refractivity contribution in [3.05, 3.63) is 76.6 Å². The van der Waals surface area contributed by atoms with E-state index in [1.54, 1.807) is 36.3 Å². The number of aromatic carboxylic acids is 1. The van der Waals surface area contributed by atoms with Crippen LogP contribution in [0.1, 0.15) is 66.9 Å². The number of carbonyl (C=O) groups is 1. The van der Waals surface area contributed by atoms with Crippen LogP contribution in [-0.2, 0) is 21.3 Å². The maximum absolute atomic E-state index is 12.0. The molecule has 3 aromatic rings. The molecule has 3 heterocycles. The number of anilines is 1. The number of halogens is 1. The molecular formula is C36H42ClN3O5S. The zero-order valence-corrected chi connectivity index (χ0v) is 27.8. The van der Waals surface area contributed by atoms with E-state index in [0.29, 0.717) is 25.0 Å². The summed E-state index contributed by atoms with van der Waals surface area (Å²) in [5.74, 6) is 1.53. The predicted octanol–water partition coefficient (Wildman–Crippen LogP) is 7.07. The molecule has 46 heavy (non-hydrogen) atoms. The summed E-state index contributed by atoms with van der Waals surface area (Å²) >= 11 is 8.05. The molecular weight excluding hydrogens is 622 g/mol. The fourth-order valence-electron chi connectivity index (χ4n) is 7.98. The summed E-state index contributed by atoms with van der Waals surface area (Å²) in [7, 11) is 0. The van der Waals surface area contributed by atoms with Crippen LogP contribution in [0.15, 0.2) is 60.0 Å². The van der Waals surface area contributed by atoms with Gasteiger partial charge in [0.15, 0.2) is 5.16 Å². The van der Waals surface area contributed by atoms with E-state index >= 15 is 0 Å². The molecule has 6 atom stereocenters. The van der Waals surface area contributed by atoms with Crippen LogP contribution in [-0.4, -0.2) is 71.4 Å². The average molecular weight is 664 g/mol. The van der Waals surface area contributed by atoms with E-state index in [9.17, 15) is 9.90 Å². The fraction of sp³-hybridized carbons (Fsp3) is 0.528. The van der Waals surface area contributed by atoms with Gasteiger partial charge in [0.1, 0.15) is 5.75 Å². The number of hydrogen-bond donors (Lipinski definition) is 1. The van der Waals surface area contributed by atoms with Crippen LogP contribution in [0, 0.1) is 11.8 Å². The number of nitrogens with zero attached hydrogens (tertiary/aromatic N) is 3. The minimum atomic E-state index is -0.925. The average Bonchev–Trinajstić information content (AvgIpc) is 3.19. The first-order valence-corrected chi connectivity index (χ1v) is 17.9. The van der Waals surface area contributed by atoms with Crippen molar-refractivity contribution in [2.75, 3.05) is 37.0 Å². The summed E-state index contributed by atoms with van der Waals surface area (Å²) in [6.45, 7) is 5.01. The Kier molecular flexibility index (Phi) is 9.46. The molecule has 8 nitrogen and oxygen atoms in total. The van der Waals surface area contributed by atoms with E-state index < -0.39 is 5.97 Å². The molecule has 244 valence electrons. The van der Waals surface area contributed by atoms with E-state index in [-0.39, 0.29) is 29.3 Å². The van der Waals surface area contributed by atoms with Gasteiger partial charge in [-0.1, -0.05) is 29.4 Å². The van der Waals surface area contributed by atoms with Gasteiger partial charge in [-0.05, 0) is 105 Å². The lowest BCUT2D eigenvalue weighted by Gasteiger charge is -2.48. The highest BCUT2D eigenvalue weighted by Crippen LogP contribution is 2.47. The lowest BCUT2D eigenvalue weighted by molar-refractivity contribution is -0.126. The molecule has 1 aromatic heterocycles. The number of benzene rings is 2. The third kappa shape index (κ3) is 6.75. The number of aromatic nitrogens is 2. The number of thioether (sulfide) groups is 1. The van der Waals surface area contributed by atoms with Crippen molar-refractivity contribution in [1.29, 1.82) is 0 Å². The van der Waals surface area contributed by atoms with Crippen molar-refractivity contribution in [3.8, 4) is 5.75 Å². The highest BCUT2D eigenvalue weighted by molar-refractivity contribution is 7.99. The van der Waals surface area contributed by atoms with Crippen LogP contribution < -0.4 is 9.64 Å². The standard InChI is InChI=1S/C36H42ClN3O5S/c1-23(20-46-35-38-13-3-14-39-35)45-28-11-15-43-33(18-28)29-8-5-26(29)19-40-21-36(12-2-4-24-16-27(37)7-9-30(24)36)22-44-32-10-6-25(34(41)42)17-31(32)40/h3,6-7,9-10,13-14,16-17,23,26,28-29,33H,2,4-5,8,11-12,15,18-22H2,1H3,(H,41,42)/t23-,26+,28+,29-,33+,36?/m1/s1. The molecule has 10 heteroatoms. The number of fused-ring (bicyclic) bond motifs is 3. The third-order valence-electron chi connectivity index (χ3n) is 10.4. The normalized spacial score (nSPS) is 27.9. The molecule has 1 spiro atoms. The fourth-order valence-corrected chi connectivity index (χ4v) is 8.91. The van der Waals surface area contributed by atoms with Crippen LogP contribution in [0.25, 0.3) is 0 Å². The van der Waals surface area contributed by atoms with Gasteiger partial charge in [0.2, 0.25) is 0 Å². The van der Waals surface area contributed by atoms with Crippen LogP contribution in [0.3, 0.4) is 0 Å². The number of ether oxygens (including phenoxy) is 3. The van der Waals surface area contributed by atoms with E-state index in [1.165, 1.54) is 11.1 Å². The lowest BCUT2D eigenvalue weighted by Crippen LogP contribution is -2.51. The molecule has 2 aromatic carbocycles. The monoisotopic (exact) mass is 663 g/mol. The Bertz CT molecular complexity index is 1550. The summed E-state index contributed by atoms with van der Waals surface area (Å²) in [6.07, 6.45) is 11.1. The molecule has 1 saturated heterocycles. The Morgan fingerprint density at radius 3 is 2.87 bits per heavy atom. The highest BCUT2D eigenvalue weighted by atomic mass is 35.5. The van der Waals surface area contributed by atoms with Crippen LogP contribution in [0.4, 0.5) is 5.69 Å². The Labute approximate surface area is 280 Å². The summed E-state index contributed by atoms with van der Waals surface area (Å²) in [6, 6.07) is 13.4. The number of carboxylic acids is 1. The summed E-state index contributed by atoms with van der Waals surface area (Å²) in [5, 5.41) is 11.4. The second-order valence-electron chi connectivity index (χ2n) is 13.4. The number of hydrogen-bond acceptors (Lipinski definition) is 8. The minimum Gasteiger partial charge on any atom is -0.490 e. The SMILES string of the molecule is C[C@H](CSc1ncccn1)O[C@H]1CCO[C@H]([C@@H]2CC[C@H]2CN2CC3(CCCc4cc(Cl)ccc43)COc3ccc(C(=O)O)cc32)C1. The second-order valence-corrected chi connectivity index (χ2v) is 14.9. The van der Waals surface area contributed by atoms with Crippen molar-refractivity contribution >= 4 is 35.0 Å². The maximum Gasteiger partial charge on any atom is 0.335 e.